The van der Waals surface area contributed by atoms with E-state index < -0.39 is 9.84 Å². The summed E-state index contributed by atoms with van der Waals surface area (Å²) >= 11 is 6.67. The first-order valence-corrected chi connectivity index (χ1v) is 7.67. The zero-order valence-corrected chi connectivity index (χ0v) is 10.8. The van der Waals surface area contributed by atoms with Gasteiger partial charge in [-0.1, -0.05) is 37.8 Å². The molecule has 1 saturated heterocycles. The van der Waals surface area contributed by atoms with Crippen molar-refractivity contribution in [3.63, 3.8) is 0 Å². The van der Waals surface area contributed by atoms with Crippen LogP contribution in [0.2, 0.25) is 0 Å². The number of hydrogen-bond donors (Lipinski definition) is 1. The normalized spacial score (nSPS) is 25.2. The summed E-state index contributed by atoms with van der Waals surface area (Å²) in [6, 6.07) is 0.0266. The minimum atomic E-state index is -2.80. The molecule has 1 N–H and O–H groups in total. The van der Waals surface area contributed by atoms with Crippen LogP contribution in [0.1, 0.15) is 20.3 Å². The van der Waals surface area contributed by atoms with Gasteiger partial charge in [0, 0.05) is 11.3 Å². The maximum Gasteiger partial charge on any atom is 0.152 e. The van der Waals surface area contributed by atoms with Gasteiger partial charge in [0.15, 0.2) is 9.84 Å². The minimum absolute atomic E-state index is 0.0266. The van der Waals surface area contributed by atoms with E-state index in [1.165, 1.54) is 0 Å². The first kappa shape index (κ1) is 12.3. The molecular weight excluding hydrogens is 238 g/mol. The first-order chi connectivity index (χ1) is 6.39. The zero-order valence-electron chi connectivity index (χ0n) is 8.32. The molecule has 0 radical (unpaired) electrons. The predicted octanol–water partition coefficient (Wildman–Crippen LogP) is 1.19. The van der Waals surface area contributed by atoms with Crippen molar-refractivity contribution in [2.45, 2.75) is 31.6 Å². The molecule has 0 saturated carbocycles. The van der Waals surface area contributed by atoms with Crippen LogP contribution in [0.25, 0.3) is 0 Å². The van der Waals surface area contributed by atoms with Crippen LogP contribution < -0.4 is 5.32 Å². The van der Waals surface area contributed by atoms with Crippen LogP contribution in [0.5, 0.6) is 0 Å². The third-order valence-electron chi connectivity index (χ3n) is 1.90. The Labute approximate surface area is 94.9 Å². The summed E-state index contributed by atoms with van der Waals surface area (Å²) in [7, 11) is -2.80. The zero-order chi connectivity index (χ0) is 10.8. The van der Waals surface area contributed by atoms with Gasteiger partial charge in [-0.05, 0) is 6.42 Å². The standard InChI is InChI=1S/C8H15NO2S3/c1-6(2)13-8(12)9-7-3-4-14(10,11)5-7/h6-7H,3-5H2,1-2H3,(H,9,12). The molecule has 0 aromatic rings. The van der Waals surface area contributed by atoms with E-state index in [4.69, 9.17) is 12.2 Å². The molecule has 0 amide bonds. The van der Waals surface area contributed by atoms with E-state index in [0.29, 0.717) is 21.7 Å². The molecule has 3 nitrogen and oxygen atoms in total. The summed E-state index contributed by atoms with van der Waals surface area (Å²) in [5.41, 5.74) is 0. The van der Waals surface area contributed by atoms with Crippen molar-refractivity contribution in [1.82, 2.24) is 5.32 Å². The maximum atomic E-state index is 11.2. The number of rotatable bonds is 2. The van der Waals surface area contributed by atoms with Crippen LogP contribution in [0.4, 0.5) is 0 Å². The largest absolute Gasteiger partial charge is 0.367 e. The van der Waals surface area contributed by atoms with Gasteiger partial charge in [-0.3, -0.25) is 0 Å². The Kier molecular flexibility index (Phi) is 4.21. The van der Waals surface area contributed by atoms with Crippen LogP contribution >= 0.6 is 24.0 Å². The van der Waals surface area contributed by atoms with Crippen molar-refractivity contribution in [2.75, 3.05) is 11.5 Å². The third-order valence-corrected chi connectivity index (χ3v) is 4.87. The van der Waals surface area contributed by atoms with Gasteiger partial charge in [0.25, 0.3) is 0 Å². The highest BCUT2D eigenvalue weighted by molar-refractivity contribution is 8.23. The highest BCUT2D eigenvalue weighted by atomic mass is 32.2. The van der Waals surface area contributed by atoms with E-state index in [0.717, 1.165) is 0 Å². The summed E-state index contributed by atoms with van der Waals surface area (Å²) < 4.78 is 23.0. The van der Waals surface area contributed by atoms with E-state index in [-0.39, 0.29) is 11.8 Å². The Morgan fingerprint density at radius 2 is 2.21 bits per heavy atom. The van der Waals surface area contributed by atoms with Gasteiger partial charge in [-0.25, -0.2) is 8.42 Å². The lowest BCUT2D eigenvalue weighted by Gasteiger charge is -2.13. The number of sulfone groups is 1. The summed E-state index contributed by atoms with van der Waals surface area (Å²) in [5.74, 6) is 0.519. The van der Waals surface area contributed by atoms with Crippen molar-refractivity contribution in [2.24, 2.45) is 0 Å². The fourth-order valence-corrected chi connectivity index (χ4v) is 4.40. The molecule has 1 atom stereocenters. The third kappa shape index (κ3) is 4.14. The molecule has 1 fully saturated rings. The second-order valence-electron chi connectivity index (χ2n) is 3.70. The number of hydrogen-bond acceptors (Lipinski definition) is 4. The molecule has 1 heterocycles. The quantitative estimate of drug-likeness (QED) is 0.749. The molecule has 0 bridgehead atoms. The number of thioether (sulfide) groups is 1. The Hall–Kier alpha value is 0.190. The van der Waals surface area contributed by atoms with E-state index in [9.17, 15) is 8.42 Å². The van der Waals surface area contributed by atoms with E-state index in [1.807, 2.05) is 0 Å². The molecule has 0 spiro atoms. The number of nitrogens with one attached hydrogen (secondary N) is 1. The van der Waals surface area contributed by atoms with E-state index in [2.05, 4.69) is 19.2 Å². The first-order valence-electron chi connectivity index (χ1n) is 4.56. The molecule has 1 rings (SSSR count). The van der Waals surface area contributed by atoms with Crippen molar-refractivity contribution >= 4 is 38.1 Å². The fraction of sp³-hybridized carbons (Fsp3) is 0.875. The molecule has 0 aromatic carbocycles. The van der Waals surface area contributed by atoms with E-state index >= 15 is 0 Å². The van der Waals surface area contributed by atoms with Crippen LogP contribution in [-0.2, 0) is 9.84 Å². The van der Waals surface area contributed by atoms with Crippen molar-refractivity contribution < 1.29 is 8.42 Å². The van der Waals surface area contributed by atoms with Crippen molar-refractivity contribution in [3.05, 3.63) is 0 Å². The molecule has 6 heteroatoms. The van der Waals surface area contributed by atoms with E-state index in [1.54, 1.807) is 11.8 Å². The summed E-state index contributed by atoms with van der Waals surface area (Å²) in [5, 5.41) is 3.52. The summed E-state index contributed by atoms with van der Waals surface area (Å²) in [4.78, 5) is 0. The molecule has 1 unspecified atom stereocenters. The average molecular weight is 253 g/mol. The SMILES string of the molecule is CC(C)SC(=S)NC1CCS(=O)(=O)C1. The topological polar surface area (TPSA) is 46.2 Å². The Balaban J connectivity index is 2.36. The highest BCUT2D eigenvalue weighted by Gasteiger charge is 2.28. The van der Waals surface area contributed by atoms with Gasteiger partial charge < -0.3 is 5.32 Å². The monoisotopic (exact) mass is 253 g/mol. The van der Waals surface area contributed by atoms with Crippen LogP contribution in [0, 0.1) is 0 Å². The maximum absolute atomic E-state index is 11.2. The minimum Gasteiger partial charge on any atom is -0.367 e. The lowest BCUT2D eigenvalue weighted by atomic mass is 10.3. The van der Waals surface area contributed by atoms with Crippen LogP contribution in [-0.4, -0.2) is 35.5 Å². The van der Waals surface area contributed by atoms with Gasteiger partial charge in [0.05, 0.1) is 11.5 Å². The van der Waals surface area contributed by atoms with Gasteiger partial charge in [-0.2, -0.15) is 0 Å². The molecule has 82 valence electrons. The molecule has 14 heavy (non-hydrogen) atoms. The van der Waals surface area contributed by atoms with Gasteiger partial charge in [0.1, 0.15) is 4.32 Å². The lowest BCUT2D eigenvalue weighted by Crippen LogP contribution is -2.33. The number of thiocarbonyl (C=S) groups is 1. The highest BCUT2D eigenvalue weighted by Crippen LogP contribution is 2.15. The summed E-state index contributed by atoms with van der Waals surface area (Å²) in [6.45, 7) is 4.12. The fourth-order valence-electron chi connectivity index (χ4n) is 1.32. The second kappa shape index (κ2) is 4.81. The second-order valence-corrected chi connectivity index (χ2v) is 8.18. The van der Waals surface area contributed by atoms with Crippen molar-refractivity contribution in [1.29, 1.82) is 0 Å². The molecule has 0 aromatic heterocycles. The van der Waals surface area contributed by atoms with Gasteiger partial charge >= 0.3 is 0 Å². The molecule has 1 aliphatic heterocycles. The van der Waals surface area contributed by atoms with Crippen LogP contribution in [0.15, 0.2) is 0 Å². The lowest BCUT2D eigenvalue weighted by molar-refractivity contribution is 0.600. The van der Waals surface area contributed by atoms with Crippen LogP contribution in [0.3, 0.4) is 0 Å². The predicted molar refractivity (Wildman–Crippen MR) is 65.5 cm³/mol. The average Bonchev–Trinajstić information content (AvgIpc) is 2.27. The van der Waals surface area contributed by atoms with Gasteiger partial charge in [0.2, 0.25) is 0 Å². The Morgan fingerprint density at radius 3 is 2.64 bits per heavy atom. The van der Waals surface area contributed by atoms with Crippen molar-refractivity contribution in [3.8, 4) is 0 Å². The van der Waals surface area contributed by atoms with Gasteiger partial charge in [-0.15, -0.1) is 0 Å². The molecule has 1 aliphatic rings. The Bertz CT molecular complexity index is 311. The Morgan fingerprint density at radius 1 is 1.57 bits per heavy atom. The summed E-state index contributed by atoms with van der Waals surface area (Å²) in [6.07, 6.45) is 0.682. The smallest absolute Gasteiger partial charge is 0.152 e. The molecular formula is C8H15NO2S3. The molecule has 0 aliphatic carbocycles.